The summed E-state index contributed by atoms with van der Waals surface area (Å²) in [6.07, 6.45) is 7.59. The molecule has 0 heteroatoms. The molecule has 2 aromatic rings. The molecule has 0 saturated heterocycles. The molecule has 0 saturated carbocycles. The van der Waals surface area contributed by atoms with Gasteiger partial charge in [-0.3, -0.25) is 0 Å². The fourth-order valence-corrected chi connectivity index (χ4v) is 5.05. The number of hydrogen-bond donors (Lipinski definition) is 0. The van der Waals surface area contributed by atoms with E-state index < -0.39 is 0 Å². The van der Waals surface area contributed by atoms with Crippen molar-refractivity contribution in [2.24, 2.45) is 0 Å². The number of rotatable bonds is 0. The lowest BCUT2D eigenvalue weighted by Crippen LogP contribution is -2.10. The second-order valence-corrected chi connectivity index (χ2v) is 6.75. The van der Waals surface area contributed by atoms with Crippen LogP contribution in [0.2, 0.25) is 0 Å². The quantitative estimate of drug-likeness (QED) is 0.557. The van der Waals surface area contributed by atoms with Crippen LogP contribution in [0.15, 0.2) is 29.8 Å². The van der Waals surface area contributed by atoms with Crippen LogP contribution in [0.4, 0.5) is 0 Å². The van der Waals surface area contributed by atoms with Crippen LogP contribution in [0, 0.1) is 0 Å². The largest absolute Gasteiger partial charge is 0.0610 e. The molecule has 0 fully saturated rings. The van der Waals surface area contributed by atoms with Crippen molar-refractivity contribution < 1.29 is 0 Å². The minimum absolute atomic E-state index is 1.23. The minimum Gasteiger partial charge on any atom is -0.0610 e. The van der Waals surface area contributed by atoms with Gasteiger partial charge in [-0.25, -0.2) is 0 Å². The maximum absolute atomic E-state index is 2.42. The normalized spacial score (nSPS) is 19.6. The number of allylic oxidation sites excluding steroid dienone is 1. The second kappa shape index (κ2) is 3.09. The van der Waals surface area contributed by atoms with Gasteiger partial charge in [0.1, 0.15) is 0 Å². The highest BCUT2D eigenvalue weighted by Gasteiger charge is 2.38. The molecule has 96 valence electrons. The Morgan fingerprint density at radius 2 is 0.850 bits per heavy atom. The third-order valence-electron chi connectivity index (χ3n) is 5.92. The molecule has 6 rings (SSSR count). The van der Waals surface area contributed by atoms with E-state index in [1.807, 2.05) is 0 Å². The average molecular weight is 256 g/mol. The standard InChI is InChI=1S/C20H16/c1-2-12-5-6-14-9-10-15-8-7-13-4-3-11(1)16-17(12)19(14)20(15)18(13)16/h1-2,7-8H,3-6,9-10H2. The molecule has 0 aromatic heterocycles. The Bertz CT molecular complexity index is 779. The van der Waals surface area contributed by atoms with E-state index in [0.29, 0.717) is 0 Å². The summed E-state index contributed by atoms with van der Waals surface area (Å²) in [4.78, 5) is 0. The van der Waals surface area contributed by atoms with E-state index in [-0.39, 0.29) is 0 Å². The van der Waals surface area contributed by atoms with Gasteiger partial charge in [0.2, 0.25) is 0 Å². The fraction of sp³-hybridized carbons (Fsp3) is 0.300. The van der Waals surface area contributed by atoms with Gasteiger partial charge in [0, 0.05) is 0 Å². The molecule has 4 aliphatic carbocycles. The predicted molar refractivity (Wildman–Crippen MR) is 82.0 cm³/mol. The lowest BCUT2D eigenvalue weighted by molar-refractivity contribution is 0.811. The maximum Gasteiger partial charge on any atom is -0.00611 e. The zero-order valence-electron chi connectivity index (χ0n) is 11.6. The molecular formula is C20H16. The Balaban J connectivity index is 1.93. The molecule has 0 atom stereocenters. The highest BCUT2D eigenvalue weighted by molar-refractivity contribution is 6.08. The smallest absolute Gasteiger partial charge is 0.00611 e. The van der Waals surface area contributed by atoms with Gasteiger partial charge in [0.15, 0.2) is 0 Å². The fourth-order valence-electron chi connectivity index (χ4n) is 5.05. The van der Waals surface area contributed by atoms with Gasteiger partial charge in [-0.1, -0.05) is 29.8 Å². The lowest BCUT2D eigenvalue weighted by atomic mass is 9.78. The molecule has 0 amide bonds. The SMILES string of the molecule is c1cc2c3c4c1CCC1=C4c4c(ccc(c4-3)CC2)CC1. The highest BCUT2D eigenvalue weighted by atomic mass is 14.4. The number of hydrogen-bond acceptors (Lipinski definition) is 0. The Morgan fingerprint density at radius 3 is 1.35 bits per heavy atom. The van der Waals surface area contributed by atoms with Crippen molar-refractivity contribution in [3.8, 4) is 11.1 Å². The predicted octanol–water partition coefficient (Wildman–Crippen LogP) is 4.46. The summed E-state index contributed by atoms with van der Waals surface area (Å²) in [7, 11) is 0. The molecule has 4 aliphatic rings. The van der Waals surface area contributed by atoms with Gasteiger partial charge in [-0.05, 0) is 88.6 Å². The summed E-state index contributed by atoms with van der Waals surface area (Å²) < 4.78 is 0. The van der Waals surface area contributed by atoms with Crippen LogP contribution in [0.3, 0.4) is 0 Å². The third kappa shape index (κ3) is 0.934. The molecule has 0 nitrogen and oxygen atoms in total. The molecule has 0 unspecified atom stereocenters. The van der Waals surface area contributed by atoms with Crippen molar-refractivity contribution in [3.05, 3.63) is 63.2 Å². The Morgan fingerprint density at radius 1 is 0.450 bits per heavy atom. The van der Waals surface area contributed by atoms with Crippen LogP contribution < -0.4 is 0 Å². The Hall–Kier alpha value is -1.82. The first kappa shape index (κ1) is 9.99. The summed E-state index contributed by atoms with van der Waals surface area (Å²) in [5, 5.41) is 0. The summed E-state index contributed by atoms with van der Waals surface area (Å²) in [6.45, 7) is 0. The van der Waals surface area contributed by atoms with Crippen molar-refractivity contribution in [3.63, 3.8) is 0 Å². The molecule has 0 N–H and O–H groups in total. The molecule has 0 bridgehead atoms. The topological polar surface area (TPSA) is 0 Å². The van der Waals surface area contributed by atoms with E-state index in [0.717, 1.165) is 0 Å². The molecule has 0 spiro atoms. The maximum atomic E-state index is 2.42. The van der Waals surface area contributed by atoms with E-state index in [1.54, 1.807) is 55.7 Å². The van der Waals surface area contributed by atoms with Crippen molar-refractivity contribution in [1.82, 2.24) is 0 Å². The number of aryl methyl sites for hydroxylation is 4. The van der Waals surface area contributed by atoms with E-state index in [2.05, 4.69) is 24.3 Å². The Kier molecular flexibility index (Phi) is 1.54. The second-order valence-electron chi connectivity index (χ2n) is 6.75. The zero-order valence-corrected chi connectivity index (χ0v) is 11.6. The van der Waals surface area contributed by atoms with Crippen molar-refractivity contribution in [2.75, 3.05) is 0 Å². The molecule has 2 aromatic carbocycles. The first-order chi connectivity index (χ1) is 9.92. The van der Waals surface area contributed by atoms with Crippen LogP contribution in [0.5, 0.6) is 0 Å². The summed E-state index contributed by atoms with van der Waals surface area (Å²) in [6, 6.07) is 9.67. The lowest BCUT2D eigenvalue weighted by Gasteiger charge is -2.26. The number of benzene rings is 2. The van der Waals surface area contributed by atoms with E-state index in [9.17, 15) is 0 Å². The van der Waals surface area contributed by atoms with Gasteiger partial charge in [-0.2, -0.15) is 0 Å². The molecular weight excluding hydrogens is 240 g/mol. The van der Waals surface area contributed by atoms with E-state index >= 15 is 0 Å². The summed E-state index contributed by atoms with van der Waals surface area (Å²) in [5.41, 5.74) is 16.4. The van der Waals surface area contributed by atoms with Crippen LogP contribution in [-0.4, -0.2) is 0 Å². The van der Waals surface area contributed by atoms with Gasteiger partial charge >= 0.3 is 0 Å². The first-order valence-electron chi connectivity index (χ1n) is 7.94. The minimum atomic E-state index is 1.23. The van der Waals surface area contributed by atoms with Crippen molar-refractivity contribution >= 4 is 5.57 Å². The van der Waals surface area contributed by atoms with E-state index in [1.165, 1.54) is 38.5 Å². The summed E-state index contributed by atoms with van der Waals surface area (Å²) >= 11 is 0. The molecule has 0 heterocycles. The van der Waals surface area contributed by atoms with Crippen LogP contribution in [0.1, 0.15) is 46.2 Å². The molecule has 20 heavy (non-hydrogen) atoms. The first-order valence-corrected chi connectivity index (χ1v) is 7.94. The van der Waals surface area contributed by atoms with Gasteiger partial charge in [-0.15, -0.1) is 0 Å². The van der Waals surface area contributed by atoms with Crippen LogP contribution in [0.25, 0.3) is 16.7 Å². The monoisotopic (exact) mass is 256 g/mol. The zero-order chi connectivity index (χ0) is 12.8. The highest BCUT2D eigenvalue weighted by Crippen LogP contribution is 2.57. The third-order valence-corrected chi connectivity index (χ3v) is 5.92. The van der Waals surface area contributed by atoms with Gasteiger partial charge in [0.05, 0.1) is 0 Å². The van der Waals surface area contributed by atoms with Crippen LogP contribution in [-0.2, 0) is 25.7 Å². The Labute approximate surface area is 119 Å². The summed E-state index contributed by atoms with van der Waals surface area (Å²) in [5.74, 6) is 0. The van der Waals surface area contributed by atoms with Gasteiger partial charge < -0.3 is 0 Å². The van der Waals surface area contributed by atoms with Crippen molar-refractivity contribution in [1.29, 1.82) is 0 Å². The van der Waals surface area contributed by atoms with E-state index in [4.69, 9.17) is 0 Å². The molecule has 0 aliphatic heterocycles. The average Bonchev–Trinajstić information content (AvgIpc) is 2.88. The van der Waals surface area contributed by atoms with Crippen molar-refractivity contribution in [2.45, 2.75) is 38.5 Å². The van der Waals surface area contributed by atoms with Crippen LogP contribution >= 0.6 is 0 Å². The van der Waals surface area contributed by atoms with Gasteiger partial charge in [0.25, 0.3) is 0 Å². The molecule has 0 radical (unpaired) electrons.